The van der Waals surface area contributed by atoms with E-state index in [1.165, 1.54) is 0 Å². The van der Waals surface area contributed by atoms with Gasteiger partial charge in [0.2, 0.25) is 0 Å². The van der Waals surface area contributed by atoms with Crippen molar-refractivity contribution in [2.45, 2.75) is 10.1 Å². The normalized spacial score (nSPS) is 11.1. The van der Waals surface area contributed by atoms with Gasteiger partial charge in [0.1, 0.15) is 10.2 Å². The molecule has 0 atom stereocenters. The van der Waals surface area contributed by atoms with Gasteiger partial charge in [0.05, 0.1) is 17.3 Å². The molecule has 3 aromatic heterocycles. The lowest BCUT2D eigenvalue weighted by Gasteiger charge is -2.04. The van der Waals surface area contributed by atoms with E-state index >= 15 is 0 Å². The Morgan fingerprint density at radius 1 is 1.47 bits per heavy atom. The molecule has 0 amide bonds. The van der Waals surface area contributed by atoms with Crippen molar-refractivity contribution in [2.75, 3.05) is 5.43 Å². The highest BCUT2D eigenvalue weighted by Gasteiger charge is 2.11. The van der Waals surface area contributed by atoms with Crippen molar-refractivity contribution in [1.82, 2.24) is 24.7 Å². The van der Waals surface area contributed by atoms with E-state index in [1.807, 2.05) is 12.4 Å². The lowest BCUT2D eigenvalue weighted by Crippen LogP contribution is -2.11. The van der Waals surface area contributed by atoms with Crippen molar-refractivity contribution in [3.05, 3.63) is 23.6 Å². The van der Waals surface area contributed by atoms with E-state index in [0.717, 1.165) is 15.4 Å². The summed E-state index contributed by atoms with van der Waals surface area (Å²) in [5.41, 5.74) is 3.35. The van der Waals surface area contributed by atoms with Crippen molar-refractivity contribution >= 4 is 39.9 Å². The Morgan fingerprint density at radius 2 is 2.37 bits per heavy atom. The number of hydrogen-bond acceptors (Lipinski definition) is 8. The molecule has 0 radical (unpaired) electrons. The molecule has 0 aliphatic heterocycles. The van der Waals surface area contributed by atoms with Crippen molar-refractivity contribution in [1.29, 1.82) is 0 Å². The fraction of sp³-hybridized carbons (Fsp3) is 0.200. The number of thiazole rings is 1. The molecule has 0 aliphatic rings. The number of nitrogens with two attached hydrogens (primary N) is 1. The first-order chi connectivity index (χ1) is 9.28. The second kappa shape index (κ2) is 5.11. The Labute approximate surface area is 117 Å². The zero-order valence-corrected chi connectivity index (χ0v) is 11.7. The molecule has 0 saturated carbocycles. The molecule has 3 aromatic rings. The maximum absolute atomic E-state index is 5.49. The van der Waals surface area contributed by atoms with Crippen molar-refractivity contribution < 1.29 is 0 Å². The van der Waals surface area contributed by atoms with Crippen LogP contribution in [0, 0.1) is 0 Å². The molecule has 9 heteroatoms. The lowest BCUT2D eigenvalue weighted by molar-refractivity contribution is 0.782. The predicted molar refractivity (Wildman–Crippen MR) is 75.8 cm³/mol. The van der Waals surface area contributed by atoms with E-state index in [1.54, 1.807) is 40.2 Å². The van der Waals surface area contributed by atoms with Crippen molar-refractivity contribution in [2.24, 2.45) is 12.9 Å². The summed E-state index contributed by atoms with van der Waals surface area (Å²) in [6, 6.07) is 0. The Hall–Kier alpha value is -1.71. The minimum Gasteiger partial charge on any atom is -0.308 e. The van der Waals surface area contributed by atoms with Crippen molar-refractivity contribution in [3.8, 4) is 0 Å². The number of hydrogen-bond donors (Lipinski definition) is 2. The summed E-state index contributed by atoms with van der Waals surface area (Å²) in [5.74, 6) is 7.42. The van der Waals surface area contributed by atoms with Crippen LogP contribution in [0.25, 0.3) is 11.0 Å². The van der Waals surface area contributed by atoms with Gasteiger partial charge in [-0.25, -0.2) is 20.8 Å². The summed E-state index contributed by atoms with van der Waals surface area (Å²) in [7, 11) is 1.84. The van der Waals surface area contributed by atoms with E-state index < -0.39 is 0 Å². The number of hydrazine groups is 1. The van der Waals surface area contributed by atoms with E-state index in [0.29, 0.717) is 17.4 Å². The highest BCUT2D eigenvalue weighted by molar-refractivity contribution is 8.00. The molecule has 0 saturated heterocycles. The van der Waals surface area contributed by atoms with Gasteiger partial charge in [-0.2, -0.15) is 5.10 Å². The number of aromatic nitrogens is 5. The number of fused-ring (bicyclic) bond motifs is 1. The third-order valence-electron chi connectivity index (χ3n) is 2.51. The quantitative estimate of drug-likeness (QED) is 0.426. The van der Waals surface area contributed by atoms with Gasteiger partial charge in [-0.05, 0) is 0 Å². The lowest BCUT2D eigenvalue weighted by atomic mass is 10.4. The number of rotatable bonds is 4. The summed E-state index contributed by atoms with van der Waals surface area (Å²) in [4.78, 5) is 13.1. The predicted octanol–water partition coefficient (Wildman–Crippen LogP) is 1.40. The van der Waals surface area contributed by atoms with Crippen LogP contribution < -0.4 is 11.3 Å². The number of nitrogen functional groups attached to an aromatic ring is 1. The molecule has 7 nitrogen and oxygen atoms in total. The number of anilines is 1. The molecular weight excluding hydrogens is 282 g/mol. The number of thioether (sulfide) groups is 1. The molecule has 3 N–H and O–H groups in total. The largest absolute Gasteiger partial charge is 0.308 e. The molecule has 3 heterocycles. The molecule has 0 aliphatic carbocycles. The van der Waals surface area contributed by atoms with Gasteiger partial charge in [0.25, 0.3) is 0 Å². The smallest absolute Gasteiger partial charge is 0.163 e. The van der Waals surface area contributed by atoms with Crippen LogP contribution in [0.3, 0.4) is 0 Å². The molecule has 0 spiro atoms. The van der Waals surface area contributed by atoms with Crippen LogP contribution in [0.4, 0.5) is 5.82 Å². The standard InChI is InChI=1S/C10H11N7S2/c1-17-9-6(4-13-17)8(16-11)14-7(15-9)5-19-10-12-2-3-18-10/h2-4H,5,11H2,1H3,(H,14,15,16). The van der Waals surface area contributed by atoms with Crippen LogP contribution in [0.2, 0.25) is 0 Å². The molecule has 19 heavy (non-hydrogen) atoms. The second-order valence-electron chi connectivity index (χ2n) is 3.72. The Morgan fingerprint density at radius 3 is 3.11 bits per heavy atom. The van der Waals surface area contributed by atoms with Gasteiger partial charge < -0.3 is 5.43 Å². The fourth-order valence-corrected chi connectivity index (χ4v) is 3.14. The maximum Gasteiger partial charge on any atom is 0.163 e. The van der Waals surface area contributed by atoms with Gasteiger partial charge in [0, 0.05) is 18.6 Å². The van der Waals surface area contributed by atoms with Crippen LogP contribution in [-0.2, 0) is 12.8 Å². The average molecular weight is 293 g/mol. The summed E-state index contributed by atoms with van der Waals surface area (Å²) < 4.78 is 2.70. The van der Waals surface area contributed by atoms with E-state index in [4.69, 9.17) is 5.84 Å². The van der Waals surface area contributed by atoms with Gasteiger partial charge in [0.15, 0.2) is 11.5 Å². The molecule has 0 unspecified atom stereocenters. The van der Waals surface area contributed by atoms with Crippen molar-refractivity contribution in [3.63, 3.8) is 0 Å². The minimum absolute atomic E-state index is 0.591. The first kappa shape index (κ1) is 12.3. The minimum atomic E-state index is 0.591. The average Bonchev–Trinajstić information content (AvgIpc) is 3.06. The topological polar surface area (TPSA) is 94.5 Å². The third kappa shape index (κ3) is 2.39. The van der Waals surface area contributed by atoms with Crippen LogP contribution >= 0.6 is 23.1 Å². The first-order valence-corrected chi connectivity index (χ1v) is 7.32. The van der Waals surface area contributed by atoms with E-state index in [9.17, 15) is 0 Å². The van der Waals surface area contributed by atoms with Crippen LogP contribution in [-0.4, -0.2) is 24.7 Å². The summed E-state index contributed by atoms with van der Waals surface area (Å²) >= 11 is 3.20. The number of nitrogens with one attached hydrogen (secondary N) is 1. The molecule has 98 valence electrons. The molecule has 0 bridgehead atoms. The van der Waals surface area contributed by atoms with Gasteiger partial charge >= 0.3 is 0 Å². The fourth-order valence-electron chi connectivity index (χ4n) is 1.65. The Kier molecular flexibility index (Phi) is 3.32. The Balaban J connectivity index is 1.92. The van der Waals surface area contributed by atoms with E-state index in [2.05, 4.69) is 25.5 Å². The summed E-state index contributed by atoms with van der Waals surface area (Å²) in [6.07, 6.45) is 3.48. The van der Waals surface area contributed by atoms with Crippen LogP contribution in [0.15, 0.2) is 22.1 Å². The zero-order valence-electron chi connectivity index (χ0n) is 10.1. The Bertz CT molecular complexity index is 691. The van der Waals surface area contributed by atoms with Crippen LogP contribution in [0.5, 0.6) is 0 Å². The SMILES string of the molecule is Cn1ncc2c(NN)nc(CSc3nccs3)nc21. The number of aryl methyl sites for hydroxylation is 1. The molecule has 0 fully saturated rings. The van der Waals surface area contributed by atoms with Gasteiger partial charge in [-0.1, -0.05) is 11.8 Å². The molecule has 3 rings (SSSR count). The first-order valence-electron chi connectivity index (χ1n) is 5.45. The maximum atomic E-state index is 5.49. The highest BCUT2D eigenvalue weighted by Crippen LogP contribution is 2.25. The summed E-state index contributed by atoms with van der Waals surface area (Å²) in [5, 5.41) is 6.91. The summed E-state index contributed by atoms with van der Waals surface area (Å²) in [6.45, 7) is 0. The third-order valence-corrected chi connectivity index (χ3v) is 4.47. The van der Waals surface area contributed by atoms with Gasteiger partial charge in [-0.15, -0.1) is 11.3 Å². The highest BCUT2D eigenvalue weighted by atomic mass is 32.2. The zero-order chi connectivity index (χ0) is 13.2. The molecule has 0 aromatic carbocycles. The van der Waals surface area contributed by atoms with E-state index in [-0.39, 0.29) is 0 Å². The monoisotopic (exact) mass is 293 g/mol. The second-order valence-corrected chi connectivity index (χ2v) is 5.84. The van der Waals surface area contributed by atoms with Gasteiger partial charge in [-0.3, -0.25) is 4.68 Å². The molecular formula is C10H11N7S2. The number of nitrogens with zero attached hydrogens (tertiary/aromatic N) is 5. The van der Waals surface area contributed by atoms with Crippen LogP contribution in [0.1, 0.15) is 5.82 Å².